The summed E-state index contributed by atoms with van der Waals surface area (Å²) >= 11 is 6.04. The Morgan fingerprint density at radius 3 is 2.58 bits per heavy atom. The summed E-state index contributed by atoms with van der Waals surface area (Å²) in [6, 6.07) is 8.68. The number of ether oxygens (including phenoxy) is 1. The molecule has 0 bridgehead atoms. The number of amides is 4. The Labute approximate surface area is 152 Å². The number of hydrogen-bond donors (Lipinski definition) is 1. The number of imide groups is 2. The molecule has 132 valence electrons. The molecule has 0 radical (unpaired) electrons. The summed E-state index contributed by atoms with van der Waals surface area (Å²) in [5.41, 5.74) is 0.191. The summed E-state index contributed by atoms with van der Waals surface area (Å²) in [6.45, 7) is 0. The summed E-state index contributed by atoms with van der Waals surface area (Å²) in [7, 11) is 1.46. The van der Waals surface area contributed by atoms with Crippen molar-refractivity contribution in [3.8, 4) is 5.75 Å². The highest BCUT2D eigenvalue weighted by Crippen LogP contribution is 2.27. The lowest BCUT2D eigenvalue weighted by molar-refractivity contribution is -0.122. The van der Waals surface area contributed by atoms with Crippen molar-refractivity contribution in [2.24, 2.45) is 0 Å². The normalized spacial score (nSPS) is 16.0. The van der Waals surface area contributed by atoms with Crippen molar-refractivity contribution in [2.45, 2.75) is 0 Å². The first kappa shape index (κ1) is 17.6. The number of urea groups is 1. The number of carbonyl (C=O) groups excluding carboxylic acids is 3. The second kappa shape index (κ2) is 6.97. The number of rotatable bonds is 3. The fourth-order valence-corrected chi connectivity index (χ4v) is 2.71. The first-order valence-corrected chi connectivity index (χ1v) is 7.79. The van der Waals surface area contributed by atoms with E-state index in [9.17, 15) is 18.8 Å². The van der Waals surface area contributed by atoms with Crippen molar-refractivity contribution in [2.75, 3.05) is 12.0 Å². The van der Waals surface area contributed by atoms with E-state index in [1.54, 1.807) is 12.1 Å². The molecule has 2 aromatic carbocycles. The number of nitrogens with zero attached hydrogens (tertiary/aromatic N) is 1. The zero-order chi connectivity index (χ0) is 18.8. The third kappa shape index (κ3) is 3.29. The fourth-order valence-electron chi connectivity index (χ4n) is 2.45. The molecule has 2 aromatic rings. The largest absolute Gasteiger partial charge is 0.495 e. The molecule has 6 nitrogen and oxygen atoms in total. The molecule has 0 spiro atoms. The van der Waals surface area contributed by atoms with Crippen LogP contribution < -0.4 is 15.0 Å². The number of barbiturate groups is 1. The first-order valence-electron chi connectivity index (χ1n) is 7.41. The van der Waals surface area contributed by atoms with Gasteiger partial charge in [0.1, 0.15) is 17.1 Å². The average Bonchev–Trinajstić information content (AvgIpc) is 2.58. The summed E-state index contributed by atoms with van der Waals surface area (Å²) in [6.07, 6.45) is 1.29. The highest BCUT2D eigenvalue weighted by molar-refractivity contribution is 6.39. The van der Waals surface area contributed by atoms with Gasteiger partial charge in [0.05, 0.1) is 17.8 Å². The van der Waals surface area contributed by atoms with Crippen molar-refractivity contribution < 1.29 is 23.5 Å². The van der Waals surface area contributed by atoms with Gasteiger partial charge in [-0.3, -0.25) is 14.9 Å². The fraction of sp³-hybridized carbons (Fsp3) is 0.0556. The van der Waals surface area contributed by atoms with E-state index in [1.807, 2.05) is 0 Å². The van der Waals surface area contributed by atoms with Crippen LogP contribution in [0.25, 0.3) is 6.08 Å². The monoisotopic (exact) mass is 374 g/mol. The van der Waals surface area contributed by atoms with Crippen LogP contribution in [-0.4, -0.2) is 25.0 Å². The van der Waals surface area contributed by atoms with E-state index >= 15 is 0 Å². The SMILES string of the molecule is COc1ccc(/C=C2\C(=O)NC(=O)N(c3cccc(F)c3)C2=O)cc1Cl. The van der Waals surface area contributed by atoms with Crippen molar-refractivity contribution >= 4 is 41.2 Å². The van der Waals surface area contributed by atoms with Crippen molar-refractivity contribution in [3.63, 3.8) is 0 Å². The lowest BCUT2D eigenvalue weighted by atomic mass is 10.1. The van der Waals surface area contributed by atoms with Gasteiger partial charge in [0.25, 0.3) is 11.8 Å². The van der Waals surface area contributed by atoms with Gasteiger partial charge in [0.15, 0.2) is 0 Å². The standard InChI is InChI=1S/C18H12ClFN2O4/c1-26-15-6-5-10(8-14(15)19)7-13-16(23)21-18(25)22(17(13)24)12-4-2-3-11(20)9-12/h2-9H,1H3,(H,21,23,25)/b13-7+. The van der Waals surface area contributed by atoms with Gasteiger partial charge >= 0.3 is 6.03 Å². The minimum atomic E-state index is -0.949. The predicted molar refractivity (Wildman–Crippen MR) is 93.4 cm³/mol. The maximum atomic E-state index is 13.4. The molecule has 3 rings (SSSR count). The molecule has 1 fully saturated rings. The molecule has 1 saturated heterocycles. The van der Waals surface area contributed by atoms with Gasteiger partial charge in [-0.1, -0.05) is 23.7 Å². The number of hydrogen-bond acceptors (Lipinski definition) is 4. The lowest BCUT2D eigenvalue weighted by Crippen LogP contribution is -2.54. The van der Waals surface area contributed by atoms with Crippen LogP contribution in [0.3, 0.4) is 0 Å². The van der Waals surface area contributed by atoms with Gasteiger partial charge in [-0.2, -0.15) is 0 Å². The van der Waals surface area contributed by atoms with Crippen LogP contribution in [-0.2, 0) is 9.59 Å². The van der Waals surface area contributed by atoms with Crippen LogP contribution in [0.5, 0.6) is 5.75 Å². The maximum Gasteiger partial charge on any atom is 0.335 e. The molecule has 8 heteroatoms. The molecule has 4 amide bonds. The van der Waals surface area contributed by atoms with Gasteiger partial charge in [0, 0.05) is 0 Å². The Kier molecular flexibility index (Phi) is 4.73. The quantitative estimate of drug-likeness (QED) is 0.661. The van der Waals surface area contributed by atoms with Crippen LogP contribution in [0.4, 0.5) is 14.9 Å². The Morgan fingerprint density at radius 1 is 1.15 bits per heavy atom. The molecular formula is C18H12ClFN2O4. The molecule has 1 aliphatic rings. The summed E-state index contributed by atoms with van der Waals surface area (Å²) < 4.78 is 18.5. The van der Waals surface area contributed by atoms with Crippen molar-refractivity contribution in [1.82, 2.24) is 5.32 Å². The Hall–Kier alpha value is -3.19. The highest BCUT2D eigenvalue weighted by Gasteiger charge is 2.36. The zero-order valence-corrected chi connectivity index (χ0v) is 14.2. The molecule has 1 N–H and O–H groups in total. The number of carbonyl (C=O) groups is 3. The molecule has 1 heterocycles. The van der Waals surface area contributed by atoms with E-state index in [0.717, 1.165) is 6.07 Å². The second-order valence-corrected chi connectivity index (χ2v) is 5.74. The third-order valence-corrected chi connectivity index (χ3v) is 3.95. The van der Waals surface area contributed by atoms with E-state index in [-0.39, 0.29) is 11.3 Å². The molecule has 0 unspecified atom stereocenters. The summed E-state index contributed by atoms with van der Waals surface area (Å²) in [5.74, 6) is -1.90. The van der Waals surface area contributed by atoms with E-state index in [0.29, 0.717) is 21.2 Å². The molecular weight excluding hydrogens is 363 g/mol. The number of anilines is 1. The van der Waals surface area contributed by atoms with Gasteiger partial charge in [-0.25, -0.2) is 14.1 Å². The van der Waals surface area contributed by atoms with Crippen LogP contribution in [0.1, 0.15) is 5.56 Å². The Bertz CT molecular complexity index is 958. The minimum absolute atomic E-state index is 0.0127. The molecule has 0 atom stereocenters. The number of benzene rings is 2. The van der Waals surface area contributed by atoms with Crippen molar-refractivity contribution in [1.29, 1.82) is 0 Å². The van der Waals surface area contributed by atoms with Gasteiger partial charge < -0.3 is 4.74 Å². The smallest absolute Gasteiger partial charge is 0.335 e. The number of methoxy groups -OCH3 is 1. The molecule has 0 aromatic heterocycles. The van der Waals surface area contributed by atoms with E-state index in [1.165, 1.54) is 37.5 Å². The first-order chi connectivity index (χ1) is 12.4. The van der Waals surface area contributed by atoms with Gasteiger partial charge in [0.2, 0.25) is 0 Å². The van der Waals surface area contributed by atoms with Gasteiger partial charge in [-0.15, -0.1) is 0 Å². The van der Waals surface area contributed by atoms with Crippen LogP contribution in [0, 0.1) is 5.82 Å². The summed E-state index contributed by atoms with van der Waals surface area (Å²) in [5, 5.41) is 2.36. The number of halogens is 2. The third-order valence-electron chi connectivity index (χ3n) is 3.65. The van der Waals surface area contributed by atoms with E-state index < -0.39 is 23.7 Å². The van der Waals surface area contributed by atoms with E-state index in [2.05, 4.69) is 5.32 Å². The molecule has 0 saturated carbocycles. The number of nitrogens with one attached hydrogen (secondary N) is 1. The van der Waals surface area contributed by atoms with Crippen LogP contribution in [0.15, 0.2) is 48.0 Å². The van der Waals surface area contributed by atoms with E-state index in [4.69, 9.17) is 16.3 Å². The topological polar surface area (TPSA) is 75.7 Å². The molecule has 1 aliphatic heterocycles. The van der Waals surface area contributed by atoms with Gasteiger partial charge in [-0.05, 0) is 42.0 Å². The molecule has 26 heavy (non-hydrogen) atoms. The average molecular weight is 375 g/mol. The zero-order valence-electron chi connectivity index (χ0n) is 13.5. The summed E-state index contributed by atoms with van der Waals surface area (Å²) in [4.78, 5) is 37.5. The van der Waals surface area contributed by atoms with Crippen molar-refractivity contribution in [3.05, 3.63) is 64.4 Å². The Morgan fingerprint density at radius 2 is 1.92 bits per heavy atom. The minimum Gasteiger partial charge on any atom is -0.495 e. The van der Waals surface area contributed by atoms with Crippen LogP contribution >= 0.6 is 11.6 Å². The van der Waals surface area contributed by atoms with Crippen LogP contribution in [0.2, 0.25) is 5.02 Å². The Balaban J connectivity index is 2.01. The lowest BCUT2D eigenvalue weighted by Gasteiger charge is -2.26. The predicted octanol–water partition coefficient (Wildman–Crippen LogP) is 3.15. The highest BCUT2D eigenvalue weighted by atomic mass is 35.5. The second-order valence-electron chi connectivity index (χ2n) is 5.33. The maximum absolute atomic E-state index is 13.4. The molecule has 0 aliphatic carbocycles.